The van der Waals surface area contributed by atoms with Gasteiger partial charge in [-0.15, -0.1) is 0 Å². The standard InChI is InChI=1S/C10H16N4O2/c1-7(5-11-2)6-12-10(16)8-3-4-9(15)14-13-8/h3-4,7,11H,5-6H2,1-2H3,(H,12,16)(H,14,15). The van der Waals surface area contributed by atoms with E-state index in [1.54, 1.807) is 0 Å². The maximum atomic E-state index is 11.5. The molecule has 16 heavy (non-hydrogen) atoms. The Bertz CT molecular complexity index is 382. The molecule has 0 radical (unpaired) electrons. The van der Waals surface area contributed by atoms with Crippen LogP contribution in [0.2, 0.25) is 0 Å². The second-order valence-electron chi connectivity index (χ2n) is 3.68. The van der Waals surface area contributed by atoms with E-state index in [-0.39, 0.29) is 17.2 Å². The van der Waals surface area contributed by atoms with E-state index in [0.717, 1.165) is 6.54 Å². The predicted molar refractivity (Wildman–Crippen MR) is 60.3 cm³/mol. The fourth-order valence-electron chi connectivity index (χ4n) is 1.25. The minimum absolute atomic E-state index is 0.219. The van der Waals surface area contributed by atoms with Crippen molar-refractivity contribution in [2.75, 3.05) is 20.1 Å². The van der Waals surface area contributed by atoms with Crippen molar-refractivity contribution in [3.63, 3.8) is 0 Å². The van der Waals surface area contributed by atoms with Crippen molar-refractivity contribution in [2.24, 2.45) is 5.92 Å². The smallest absolute Gasteiger partial charge is 0.271 e. The Balaban J connectivity index is 2.46. The Labute approximate surface area is 93.5 Å². The lowest BCUT2D eigenvalue weighted by molar-refractivity contribution is 0.0942. The topological polar surface area (TPSA) is 86.9 Å². The van der Waals surface area contributed by atoms with Gasteiger partial charge in [-0.2, -0.15) is 5.10 Å². The molecule has 6 heteroatoms. The summed E-state index contributed by atoms with van der Waals surface area (Å²) in [7, 11) is 1.86. The van der Waals surface area contributed by atoms with E-state index in [4.69, 9.17) is 0 Å². The zero-order chi connectivity index (χ0) is 12.0. The van der Waals surface area contributed by atoms with E-state index < -0.39 is 0 Å². The Morgan fingerprint density at radius 1 is 1.50 bits per heavy atom. The zero-order valence-electron chi connectivity index (χ0n) is 9.41. The summed E-state index contributed by atoms with van der Waals surface area (Å²) in [5, 5.41) is 11.6. The van der Waals surface area contributed by atoms with Gasteiger partial charge in [-0.25, -0.2) is 5.10 Å². The number of hydrogen-bond acceptors (Lipinski definition) is 4. The number of amides is 1. The zero-order valence-corrected chi connectivity index (χ0v) is 9.41. The van der Waals surface area contributed by atoms with Gasteiger partial charge >= 0.3 is 0 Å². The number of nitrogens with zero attached hydrogens (tertiary/aromatic N) is 1. The van der Waals surface area contributed by atoms with E-state index in [2.05, 4.69) is 20.8 Å². The summed E-state index contributed by atoms with van der Waals surface area (Å²) in [5.74, 6) is 0.0657. The number of carbonyl (C=O) groups excluding carboxylic acids is 1. The van der Waals surface area contributed by atoms with E-state index in [1.165, 1.54) is 12.1 Å². The molecule has 1 heterocycles. The number of H-pyrrole nitrogens is 1. The number of aromatic amines is 1. The minimum atomic E-state index is -0.319. The molecule has 0 fully saturated rings. The SMILES string of the molecule is CNCC(C)CNC(=O)c1ccc(=O)[nH]n1. The van der Waals surface area contributed by atoms with Crippen molar-refractivity contribution in [3.05, 3.63) is 28.2 Å². The van der Waals surface area contributed by atoms with Crippen LogP contribution in [0, 0.1) is 5.92 Å². The monoisotopic (exact) mass is 224 g/mol. The van der Waals surface area contributed by atoms with E-state index in [0.29, 0.717) is 12.5 Å². The Kier molecular flexibility index (Phi) is 4.65. The Morgan fingerprint density at radius 2 is 2.25 bits per heavy atom. The largest absolute Gasteiger partial charge is 0.350 e. The lowest BCUT2D eigenvalue weighted by atomic mass is 10.2. The first kappa shape index (κ1) is 12.4. The highest BCUT2D eigenvalue weighted by Gasteiger charge is 2.08. The second kappa shape index (κ2) is 6.02. The van der Waals surface area contributed by atoms with Gasteiger partial charge in [0.2, 0.25) is 0 Å². The number of rotatable bonds is 5. The maximum absolute atomic E-state index is 11.5. The molecule has 0 bridgehead atoms. The molecule has 3 N–H and O–H groups in total. The Hall–Kier alpha value is -1.69. The third kappa shape index (κ3) is 3.82. The maximum Gasteiger partial charge on any atom is 0.271 e. The molecule has 0 saturated heterocycles. The van der Waals surface area contributed by atoms with Crippen LogP contribution in [-0.2, 0) is 0 Å². The van der Waals surface area contributed by atoms with Gasteiger partial charge in [0.15, 0.2) is 0 Å². The van der Waals surface area contributed by atoms with Gasteiger partial charge in [0.1, 0.15) is 5.69 Å². The van der Waals surface area contributed by atoms with Crippen LogP contribution in [0.3, 0.4) is 0 Å². The van der Waals surface area contributed by atoms with Crippen LogP contribution >= 0.6 is 0 Å². The summed E-state index contributed by atoms with van der Waals surface area (Å²) in [4.78, 5) is 22.3. The van der Waals surface area contributed by atoms with Crippen molar-refractivity contribution < 1.29 is 4.79 Å². The summed E-state index contributed by atoms with van der Waals surface area (Å²) in [6, 6.07) is 2.68. The molecule has 0 aliphatic rings. The lowest BCUT2D eigenvalue weighted by Crippen LogP contribution is -2.33. The number of aromatic nitrogens is 2. The normalized spacial score (nSPS) is 12.1. The van der Waals surface area contributed by atoms with Gasteiger partial charge in [-0.1, -0.05) is 6.92 Å². The average Bonchev–Trinajstić information content (AvgIpc) is 2.27. The summed E-state index contributed by atoms with van der Waals surface area (Å²) < 4.78 is 0. The van der Waals surface area contributed by atoms with Gasteiger partial charge < -0.3 is 10.6 Å². The molecular weight excluding hydrogens is 208 g/mol. The van der Waals surface area contributed by atoms with Crippen molar-refractivity contribution in [1.29, 1.82) is 0 Å². The molecule has 1 aromatic heterocycles. The van der Waals surface area contributed by atoms with Crippen molar-refractivity contribution in [1.82, 2.24) is 20.8 Å². The third-order valence-electron chi connectivity index (χ3n) is 2.08. The summed E-state index contributed by atoms with van der Waals surface area (Å²) in [6.45, 7) is 3.43. The first-order valence-electron chi connectivity index (χ1n) is 5.12. The number of hydrogen-bond donors (Lipinski definition) is 3. The first-order valence-corrected chi connectivity index (χ1v) is 5.12. The van der Waals surface area contributed by atoms with Crippen LogP contribution in [0.15, 0.2) is 16.9 Å². The second-order valence-corrected chi connectivity index (χ2v) is 3.68. The van der Waals surface area contributed by atoms with Gasteiger partial charge in [0.25, 0.3) is 11.5 Å². The average molecular weight is 224 g/mol. The fraction of sp³-hybridized carbons (Fsp3) is 0.500. The molecule has 88 valence electrons. The highest BCUT2D eigenvalue weighted by molar-refractivity contribution is 5.91. The van der Waals surface area contributed by atoms with Crippen LogP contribution in [0.1, 0.15) is 17.4 Å². The molecule has 0 aromatic carbocycles. The molecule has 0 aliphatic heterocycles. The summed E-state index contributed by atoms with van der Waals surface area (Å²) in [6.07, 6.45) is 0. The van der Waals surface area contributed by atoms with Crippen LogP contribution in [0.4, 0.5) is 0 Å². The van der Waals surface area contributed by atoms with Gasteiger partial charge in [0, 0.05) is 12.6 Å². The highest BCUT2D eigenvalue weighted by Crippen LogP contribution is 1.92. The molecule has 1 atom stereocenters. The van der Waals surface area contributed by atoms with Crippen molar-refractivity contribution >= 4 is 5.91 Å². The molecule has 1 amide bonds. The molecular formula is C10H16N4O2. The molecule has 1 rings (SSSR count). The molecule has 6 nitrogen and oxygen atoms in total. The highest BCUT2D eigenvalue weighted by atomic mass is 16.2. The van der Waals surface area contributed by atoms with Crippen LogP contribution in [-0.4, -0.2) is 36.2 Å². The van der Waals surface area contributed by atoms with E-state index >= 15 is 0 Å². The van der Waals surface area contributed by atoms with Crippen LogP contribution in [0.5, 0.6) is 0 Å². The van der Waals surface area contributed by atoms with E-state index in [1.807, 2.05) is 14.0 Å². The molecule has 0 spiro atoms. The summed E-state index contributed by atoms with van der Waals surface area (Å²) >= 11 is 0. The van der Waals surface area contributed by atoms with E-state index in [9.17, 15) is 9.59 Å². The van der Waals surface area contributed by atoms with Crippen LogP contribution < -0.4 is 16.2 Å². The van der Waals surface area contributed by atoms with Crippen molar-refractivity contribution in [2.45, 2.75) is 6.92 Å². The summed E-state index contributed by atoms with van der Waals surface area (Å²) in [5.41, 5.74) is -0.101. The molecule has 0 saturated carbocycles. The quantitative estimate of drug-likeness (QED) is 0.620. The fourth-order valence-corrected chi connectivity index (χ4v) is 1.25. The van der Waals surface area contributed by atoms with Crippen molar-refractivity contribution in [3.8, 4) is 0 Å². The van der Waals surface area contributed by atoms with Gasteiger partial charge in [-0.3, -0.25) is 9.59 Å². The lowest BCUT2D eigenvalue weighted by Gasteiger charge is -2.11. The van der Waals surface area contributed by atoms with Gasteiger partial charge in [-0.05, 0) is 25.6 Å². The Morgan fingerprint density at radius 3 is 2.81 bits per heavy atom. The number of nitrogens with one attached hydrogen (secondary N) is 3. The molecule has 0 aliphatic carbocycles. The molecule has 1 aromatic rings. The third-order valence-corrected chi connectivity index (χ3v) is 2.08. The molecule has 1 unspecified atom stereocenters. The first-order chi connectivity index (χ1) is 7.63. The predicted octanol–water partition coefficient (Wildman–Crippen LogP) is -0.645. The van der Waals surface area contributed by atoms with Crippen LogP contribution in [0.25, 0.3) is 0 Å². The van der Waals surface area contributed by atoms with Gasteiger partial charge in [0.05, 0.1) is 0 Å². The number of carbonyl (C=O) groups is 1. The minimum Gasteiger partial charge on any atom is -0.350 e.